The summed E-state index contributed by atoms with van der Waals surface area (Å²) in [7, 11) is 0.973. The van der Waals surface area contributed by atoms with E-state index in [2.05, 4.69) is 0 Å². The van der Waals surface area contributed by atoms with Crippen molar-refractivity contribution in [1.82, 2.24) is 0 Å². The van der Waals surface area contributed by atoms with E-state index < -0.39 is 16.1 Å². The van der Waals surface area contributed by atoms with Crippen LogP contribution in [0.15, 0.2) is 48.5 Å². The SMILES string of the molecule is COc1ccc(C2Oc3cc(Cl)cc(OC)c3-c3ccc(CS(N)(=O)=O)cc32)cc1OC. The zero-order chi connectivity index (χ0) is 23.0. The molecule has 1 aliphatic heterocycles. The largest absolute Gasteiger partial charge is 0.496 e. The van der Waals surface area contributed by atoms with Crippen molar-refractivity contribution in [3.63, 3.8) is 0 Å². The van der Waals surface area contributed by atoms with Crippen molar-refractivity contribution in [2.24, 2.45) is 5.14 Å². The normalized spacial score (nSPS) is 14.7. The number of nitrogens with two attached hydrogens (primary N) is 1. The van der Waals surface area contributed by atoms with Crippen LogP contribution < -0.4 is 24.1 Å². The Balaban J connectivity index is 1.94. The Bertz CT molecular complexity index is 1290. The first-order valence-electron chi connectivity index (χ1n) is 9.64. The fraction of sp³-hybridized carbons (Fsp3) is 0.217. The molecule has 1 atom stereocenters. The molecule has 0 saturated heterocycles. The van der Waals surface area contributed by atoms with E-state index in [4.69, 9.17) is 35.7 Å². The molecule has 3 aromatic rings. The number of benzene rings is 3. The lowest BCUT2D eigenvalue weighted by Crippen LogP contribution is -2.18. The number of ether oxygens (including phenoxy) is 4. The monoisotopic (exact) mass is 475 g/mol. The summed E-state index contributed by atoms with van der Waals surface area (Å²) < 4.78 is 46.1. The van der Waals surface area contributed by atoms with Crippen LogP contribution in [0.4, 0.5) is 0 Å². The van der Waals surface area contributed by atoms with Crippen molar-refractivity contribution in [1.29, 1.82) is 0 Å². The van der Waals surface area contributed by atoms with Gasteiger partial charge in [0.1, 0.15) is 17.6 Å². The number of hydrogen-bond donors (Lipinski definition) is 1. The minimum atomic E-state index is -3.70. The van der Waals surface area contributed by atoms with Gasteiger partial charge in [0.15, 0.2) is 11.5 Å². The maximum absolute atomic E-state index is 11.7. The molecule has 0 amide bonds. The summed E-state index contributed by atoms with van der Waals surface area (Å²) in [6, 6.07) is 14.3. The van der Waals surface area contributed by atoms with E-state index in [0.29, 0.717) is 33.6 Å². The Labute approximate surface area is 191 Å². The third-order valence-electron chi connectivity index (χ3n) is 5.24. The highest BCUT2D eigenvalue weighted by Gasteiger charge is 2.31. The molecule has 2 N–H and O–H groups in total. The van der Waals surface area contributed by atoms with Gasteiger partial charge in [0.2, 0.25) is 10.0 Å². The first-order chi connectivity index (χ1) is 15.2. The van der Waals surface area contributed by atoms with Gasteiger partial charge in [0.25, 0.3) is 0 Å². The van der Waals surface area contributed by atoms with Gasteiger partial charge in [-0.2, -0.15) is 0 Å². The van der Waals surface area contributed by atoms with Crippen LogP contribution >= 0.6 is 11.6 Å². The van der Waals surface area contributed by atoms with E-state index in [1.165, 1.54) is 0 Å². The lowest BCUT2D eigenvalue weighted by molar-refractivity contribution is 0.241. The number of hydrogen-bond acceptors (Lipinski definition) is 6. The first kappa shape index (κ1) is 22.3. The van der Waals surface area contributed by atoms with Gasteiger partial charge in [-0.05, 0) is 35.4 Å². The van der Waals surface area contributed by atoms with Crippen LogP contribution in [0.3, 0.4) is 0 Å². The molecule has 0 fully saturated rings. The average Bonchev–Trinajstić information content (AvgIpc) is 2.76. The molecular formula is C23H22ClNO6S. The molecule has 3 aromatic carbocycles. The van der Waals surface area contributed by atoms with Gasteiger partial charge < -0.3 is 18.9 Å². The predicted molar refractivity (Wildman–Crippen MR) is 122 cm³/mol. The summed E-state index contributed by atoms with van der Waals surface area (Å²) in [6.07, 6.45) is -0.555. The van der Waals surface area contributed by atoms with Gasteiger partial charge in [-0.15, -0.1) is 0 Å². The molecule has 0 saturated carbocycles. The van der Waals surface area contributed by atoms with E-state index in [-0.39, 0.29) is 5.75 Å². The summed E-state index contributed by atoms with van der Waals surface area (Å²) in [5.41, 5.74) is 3.70. The summed E-state index contributed by atoms with van der Waals surface area (Å²) in [5, 5.41) is 5.75. The third kappa shape index (κ3) is 4.21. The topological polar surface area (TPSA) is 97.1 Å². The number of halogens is 1. The van der Waals surface area contributed by atoms with E-state index in [9.17, 15) is 8.42 Å². The number of primary sulfonamides is 1. The van der Waals surface area contributed by atoms with Gasteiger partial charge in [0.05, 0.1) is 32.6 Å². The van der Waals surface area contributed by atoms with E-state index in [1.54, 1.807) is 51.7 Å². The second kappa shape index (κ2) is 8.54. The molecule has 4 rings (SSSR count). The van der Waals surface area contributed by atoms with E-state index in [0.717, 1.165) is 22.3 Å². The van der Waals surface area contributed by atoms with Crippen LogP contribution in [-0.2, 0) is 15.8 Å². The smallest absolute Gasteiger partial charge is 0.213 e. The van der Waals surface area contributed by atoms with E-state index in [1.807, 2.05) is 18.2 Å². The second-order valence-electron chi connectivity index (χ2n) is 7.32. The molecule has 0 aliphatic carbocycles. The van der Waals surface area contributed by atoms with Crippen LogP contribution in [-0.4, -0.2) is 29.7 Å². The zero-order valence-corrected chi connectivity index (χ0v) is 19.3. The van der Waals surface area contributed by atoms with Crippen LogP contribution in [0.2, 0.25) is 5.02 Å². The summed E-state index contributed by atoms with van der Waals surface area (Å²) in [4.78, 5) is 0. The number of sulfonamides is 1. The number of fused-ring (bicyclic) bond motifs is 3. The Hall–Kier alpha value is -2.94. The average molecular weight is 476 g/mol. The minimum Gasteiger partial charge on any atom is -0.496 e. The van der Waals surface area contributed by atoms with Crippen molar-refractivity contribution in [3.8, 4) is 34.1 Å². The highest BCUT2D eigenvalue weighted by atomic mass is 35.5. The van der Waals surface area contributed by atoms with Crippen molar-refractivity contribution < 1.29 is 27.4 Å². The Morgan fingerprint density at radius 3 is 2.31 bits per heavy atom. The van der Waals surface area contributed by atoms with Crippen LogP contribution in [0.5, 0.6) is 23.0 Å². The van der Waals surface area contributed by atoms with Crippen LogP contribution in [0, 0.1) is 0 Å². The van der Waals surface area contributed by atoms with Gasteiger partial charge in [-0.1, -0.05) is 35.9 Å². The van der Waals surface area contributed by atoms with Crippen LogP contribution in [0.25, 0.3) is 11.1 Å². The molecule has 7 nitrogen and oxygen atoms in total. The van der Waals surface area contributed by atoms with Gasteiger partial charge >= 0.3 is 0 Å². The highest BCUT2D eigenvalue weighted by molar-refractivity contribution is 7.88. The first-order valence-corrected chi connectivity index (χ1v) is 11.7. The molecule has 32 heavy (non-hydrogen) atoms. The van der Waals surface area contributed by atoms with Crippen molar-refractivity contribution in [3.05, 3.63) is 70.2 Å². The fourth-order valence-electron chi connectivity index (χ4n) is 3.91. The number of rotatable bonds is 6. The molecule has 0 bridgehead atoms. The van der Waals surface area contributed by atoms with Gasteiger partial charge in [-0.3, -0.25) is 0 Å². The highest BCUT2D eigenvalue weighted by Crippen LogP contribution is 2.51. The van der Waals surface area contributed by atoms with Crippen molar-refractivity contribution >= 4 is 21.6 Å². The Morgan fingerprint density at radius 1 is 0.938 bits per heavy atom. The van der Waals surface area contributed by atoms with Crippen molar-refractivity contribution in [2.75, 3.05) is 21.3 Å². The third-order valence-corrected chi connectivity index (χ3v) is 6.20. The molecule has 0 spiro atoms. The van der Waals surface area contributed by atoms with E-state index >= 15 is 0 Å². The maximum Gasteiger partial charge on any atom is 0.213 e. The molecule has 168 valence electrons. The summed E-state index contributed by atoms with van der Waals surface area (Å²) in [5.74, 6) is 1.95. The molecular weight excluding hydrogens is 454 g/mol. The Kier molecular flexibility index (Phi) is 5.94. The lowest BCUT2D eigenvalue weighted by Gasteiger charge is -2.31. The molecule has 0 radical (unpaired) electrons. The predicted octanol–water partition coefficient (Wildman–Crippen LogP) is 4.30. The lowest BCUT2D eigenvalue weighted by atomic mass is 9.88. The second-order valence-corrected chi connectivity index (χ2v) is 9.37. The van der Waals surface area contributed by atoms with Crippen LogP contribution in [0.1, 0.15) is 22.8 Å². The van der Waals surface area contributed by atoms with Gasteiger partial charge in [0, 0.05) is 16.1 Å². The molecule has 9 heteroatoms. The zero-order valence-electron chi connectivity index (χ0n) is 17.7. The molecule has 1 aliphatic rings. The summed E-state index contributed by atoms with van der Waals surface area (Å²) >= 11 is 6.29. The quantitative estimate of drug-likeness (QED) is 0.570. The number of methoxy groups -OCH3 is 3. The standard InChI is InChI=1S/C23H22ClNO6S/c1-28-18-7-5-14(9-19(18)29-2)23-17-8-13(12-32(25,26)27)4-6-16(17)22-20(30-3)10-15(24)11-21(22)31-23/h4-11,23H,12H2,1-3H3,(H2,25,26,27). The Morgan fingerprint density at radius 2 is 1.66 bits per heavy atom. The minimum absolute atomic E-state index is 0.288. The fourth-order valence-corrected chi connectivity index (χ4v) is 4.75. The molecule has 1 unspecified atom stereocenters. The molecule has 0 aromatic heterocycles. The van der Waals surface area contributed by atoms with Gasteiger partial charge in [-0.25, -0.2) is 13.6 Å². The van der Waals surface area contributed by atoms with Crippen molar-refractivity contribution in [2.45, 2.75) is 11.9 Å². The maximum atomic E-state index is 11.7. The summed E-state index contributed by atoms with van der Waals surface area (Å²) in [6.45, 7) is 0. The molecule has 1 heterocycles.